The predicted molar refractivity (Wildman–Crippen MR) is 132 cm³/mol. The van der Waals surface area contributed by atoms with Gasteiger partial charge in [-0.3, -0.25) is 4.98 Å². The lowest BCUT2D eigenvalue weighted by Gasteiger charge is -2.33. The van der Waals surface area contributed by atoms with Gasteiger partial charge in [-0.25, -0.2) is 18.3 Å². The van der Waals surface area contributed by atoms with Crippen molar-refractivity contribution >= 4 is 17.2 Å². The third-order valence-electron chi connectivity index (χ3n) is 7.11. The molecule has 2 aliphatic rings. The van der Waals surface area contributed by atoms with Crippen molar-refractivity contribution in [2.45, 2.75) is 18.9 Å². The second-order valence-corrected chi connectivity index (χ2v) is 9.32. The van der Waals surface area contributed by atoms with Crippen molar-refractivity contribution in [3.8, 4) is 11.3 Å². The van der Waals surface area contributed by atoms with Crippen LogP contribution in [0.2, 0.25) is 0 Å². The third kappa shape index (κ3) is 4.10. The molecule has 0 spiro atoms. The highest BCUT2D eigenvalue weighted by molar-refractivity contribution is 5.76. The molecule has 180 valence electrons. The van der Waals surface area contributed by atoms with Crippen molar-refractivity contribution in [1.82, 2.24) is 24.5 Å². The third-order valence-corrected chi connectivity index (χ3v) is 7.11. The van der Waals surface area contributed by atoms with Crippen molar-refractivity contribution in [3.63, 3.8) is 0 Å². The number of benzene rings is 1. The van der Waals surface area contributed by atoms with Gasteiger partial charge in [0, 0.05) is 44.5 Å². The van der Waals surface area contributed by atoms with Crippen LogP contribution < -0.4 is 9.80 Å². The van der Waals surface area contributed by atoms with E-state index in [-0.39, 0.29) is 11.9 Å². The monoisotopic (exact) mass is 475 g/mol. The largest absolute Gasteiger partial charge is 0.368 e. The molecule has 0 saturated carbocycles. The van der Waals surface area contributed by atoms with E-state index in [4.69, 9.17) is 9.97 Å². The molecular weight excluding hydrogens is 448 g/mol. The lowest BCUT2D eigenvalue weighted by atomic mass is 10.0. The summed E-state index contributed by atoms with van der Waals surface area (Å²) in [6, 6.07) is 9.39. The van der Waals surface area contributed by atoms with Crippen LogP contribution in [0.25, 0.3) is 16.9 Å². The summed E-state index contributed by atoms with van der Waals surface area (Å²) in [6.07, 6.45) is 7.18. The average molecular weight is 476 g/mol. The topological polar surface area (TPSA) is 52.8 Å². The standard InChI is InChI=1S/C26H27F2N7/c1-32-11-13-33(14-12-32)19-5-7-23(29-16-19)21-17-30-35-10-8-25(31-26(21)35)34-9-2-3-24(34)20-15-18(27)4-6-22(20)28/h4-8,10,15-17,24H,2-3,9,11-14H2,1H3. The number of hydrogen-bond acceptors (Lipinski definition) is 6. The molecule has 2 aliphatic heterocycles. The minimum atomic E-state index is -0.430. The fourth-order valence-corrected chi connectivity index (χ4v) is 5.13. The zero-order valence-corrected chi connectivity index (χ0v) is 19.6. The summed E-state index contributed by atoms with van der Waals surface area (Å²) in [6.45, 7) is 4.79. The van der Waals surface area contributed by atoms with Crippen LogP contribution in [0.3, 0.4) is 0 Å². The van der Waals surface area contributed by atoms with Crippen LogP contribution in [0.4, 0.5) is 20.3 Å². The quantitative estimate of drug-likeness (QED) is 0.442. The first-order chi connectivity index (χ1) is 17.1. The zero-order chi connectivity index (χ0) is 23.9. The molecule has 0 radical (unpaired) electrons. The van der Waals surface area contributed by atoms with E-state index in [0.717, 1.165) is 74.4 Å². The van der Waals surface area contributed by atoms with Crippen LogP contribution in [0.1, 0.15) is 24.4 Å². The zero-order valence-electron chi connectivity index (χ0n) is 19.6. The van der Waals surface area contributed by atoms with Gasteiger partial charge in [-0.15, -0.1) is 0 Å². The number of nitrogens with zero attached hydrogens (tertiary/aromatic N) is 7. The lowest BCUT2D eigenvalue weighted by Crippen LogP contribution is -2.44. The highest BCUT2D eigenvalue weighted by atomic mass is 19.1. The van der Waals surface area contributed by atoms with E-state index in [1.807, 2.05) is 24.5 Å². The van der Waals surface area contributed by atoms with Gasteiger partial charge < -0.3 is 14.7 Å². The van der Waals surface area contributed by atoms with E-state index in [1.165, 1.54) is 12.1 Å². The van der Waals surface area contributed by atoms with E-state index in [9.17, 15) is 8.78 Å². The first kappa shape index (κ1) is 21.9. The van der Waals surface area contributed by atoms with Crippen LogP contribution in [-0.4, -0.2) is 64.3 Å². The molecule has 2 fully saturated rings. The molecule has 6 rings (SSSR count). The Morgan fingerprint density at radius 2 is 1.80 bits per heavy atom. The van der Waals surface area contributed by atoms with Crippen LogP contribution in [0.5, 0.6) is 0 Å². The molecule has 35 heavy (non-hydrogen) atoms. The molecular formula is C26H27F2N7. The molecule has 0 amide bonds. The molecule has 1 atom stereocenters. The summed E-state index contributed by atoms with van der Waals surface area (Å²) < 4.78 is 30.1. The minimum Gasteiger partial charge on any atom is -0.368 e. The van der Waals surface area contributed by atoms with E-state index >= 15 is 0 Å². The maximum Gasteiger partial charge on any atom is 0.166 e. The molecule has 2 saturated heterocycles. The second-order valence-electron chi connectivity index (χ2n) is 9.32. The normalized spacial score (nSPS) is 19.1. The number of aromatic nitrogens is 4. The Bertz CT molecular complexity index is 1350. The number of anilines is 2. The summed E-state index contributed by atoms with van der Waals surface area (Å²) in [5.41, 5.74) is 3.82. The Balaban J connectivity index is 1.30. The molecule has 0 bridgehead atoms. The maximum atomic E-state index is 14.5. The summed E-state index contributed by atoms with van der Waals surface area (Å²) in [5.74, 6) is -0.0978. The Morgan fingerprint density at radius 1 is 0.943 bits per heavy atom. The molecule has 0 aliphatic carbocycles. The molecule has 1 unspecified atom stereocenters. The van der Waals surface area contributed by atoms with Crippen molar-refractivity contribution < 1.29 is 8.78 Å². The Labute approximate surface area is 202 Å². The van der Waals surface area contributed by atoms with Crippen LogP contribution in [-0.2, 0) is 0 Å². The van der Waals surface area contributed by atoms with Gasteiger partial charge >= 0.3 is 0 Å². The summed E-state index contributed by atoms with van der Waals surface area (Å²) in [5, 5.41) is 4.46. The molecule has 4 aromatic rings. The fraction of sp³-hybridized carbons (Fsp3) is 0.346. The van der Waals surface area contributed by atoms with E-state index < -0.39 is 5.82 Å². The van der Waals surface area contributed by atoms with Gasteiger partial charge in [0.05, 0.1) is 35.4 Å². The van der Waals surface area contributed by atoms with Gasteiger partial charge in [-0.2, -0.15) is 5.10 Å². The number of likely N-dealkylation sites (N-methyl/N-ethyl adjacent to an activating group) is 1. The van der Waals surface area contributed by atoms with Gasteiger partial charge in [0.25, 0.3) is 0 Å². The fourth-order valence-electron chi connectivity index (χ4n) is 5.13. The van der Waals surface area contributed by atoms with Gasteiger partial charge in [-0.1, -0.05) is 0 Å². The van der Waals surface area contributed by atoms with E-state index in [0.29, 0.717) is 11.2 Å². The van der Waals surface area contributed by atoms with Crippen LogP contribution in [0.15, 0.2) is 55.0 Å². The Kier molecular flexibility index (Phi) is 5.56. The highest BCUT2D eigenvalue weighted by Crippen LogP contribution is 2.37. The van der Waals surface area contributed by atoms with Crippen molar-refractivity contribution in [3.05, 3.63) is 72.2 Å². The number of pyridine rings is 1. The highest BCUT2D eigenvalue weighted by Gasteiger charge is 2.30. The van der Waals surface area contributed by atoms with Crippen LogP contribution >= 0.6 is 0 Å². The number of piperazine rings is 1. The molecule has 5 heterocycles. The first-order valence-corrected chi connectivity index (χ1v) is 12.0. The summed E-state index contributed by atoms with van der Waals surface area (Å²) >= 11 is 0. The lowest BCUT2D eigenvalue weighted by molar-refractivity contribution is 0.313. The van der Waals surface area contributed by atoms with Crippen molar-refractivity contribution in [2.24, 2.45) is 0 Å². The Morgan fingerprint density at radius 3 is 2.60 bits per heavy atom. The number of hydrogen-bond donors (Lipinski definition) is 0. The van der Waals surface area contributed by atoms with Crippen molar-refractivity contribution in [2.75, 3.05) is 49.6 Å². The molecule has 9 heteroatoms. The van der Waals surface area contributed by atoms with Crippen LogP contribution in [0, 0.1) is 11.6 Å². The molecule has 3 aromatic heterocycles. The Hall–Kier alpha value is -3.59. The van der Waals surface area contributed by atoms with E-state index in [2.05, 4.69) is 32.9 Å². The first-order valence-electron chi connectivity index (χ1n) is 12.0. The number of halogens is 2. The van der Waals surface area contributed by atoms with Gasteiger partial charge in [0.15, 0.2) is 5.65 Å². The maximum absolute atomic E-state index is 14.5. The molecule has 7 nitrogen and oxygen atoms in total. The summed E-state index contributed by atoms with van der Waals surface area (Å²) in [7, 11) is 2.14. The van der Waals surface area contributed by atoms with Crippen molar-refractivity contribution in [1.29, 1.82) is 0 Å². The van der Waals surface area contributed by atoms with Gasteiger partial charge in [-0.05, 0) is 56.3 Å². The second kappa shape index (κ2) is 8.88. The SMILES string of the molecule is CN1CCN(c2ccc(-c3cnn4ccc(N5CCCC5c5cc(F)ccc5F)nc34)nc2)CC1. The van der Waals surface area contributed by atoms with Gasteiger partial charge in [0.1, 0.15) is 17.5 Å². The predicted octanol–water partition coefficient (Wildman–Crippen LogP) is 4.16. The summed E-state index contributed by atoms with van der Waals surface area (Å²) in [4.78, 5) is 16.4. The van der Waals surface area contributed by atoms with E-state index in [1.54, 1.807) is 10.7 Å². The molecule has 0 N–H and O–H groups in total. The number of rotatable bonds is 4. The molecule has 1 aromatic carbocycles. The smallest absolute Gasteiger partial charge is 0.166 e. The number of fused-ring (bicyclic) bond motifs is 1. The average Bonchev–Trinajstić information content (AvgIpc) is 3.53. The minimum absolute atomic E-state index is 0.256. The van der Waals surface area contributed by atoms with Gasteiger partial charge in [0.2, 0.25) is 0 Å².